The number of aliphatic hydroxyl groups is 1. The molecule has 0 bridgehead atoms. The van der Waals surface area contributed by atoms with E-state index in [0.717, 1.165) is 35.2 Å². The molecule has 45 heavy (non-hydrogen) atoms. The number of quaternary nitrogens is 1. The van der Waals surface area contributed by atoms with Crippen molar-refractivity contribution in [3.05, 3.63) is 50.9 Å². The molecule has 0 saturated carbocycles. The van der Waals surface area contributed by atoms with Crippen LogP contribution in [0.1, 0.15) is 32.5 Å². The van der Waals surface area contributed by atoms with Gasteiger partial charge in [-0.05, 0) is 32.4 Å². The van der Waals surface area contributed by atoms with Crippen molar-refractivity contribution in [2.24, 2.45) is 0 Å². The molecule has 0 amide bonds. The molecule has 4 aromatic rings. The van der Waals surface area contributed by atoms with Gasteiger partial charge in [-0.3, -0.25) is 18.5 Å². The Hall–Kier alpha value is -4.29. The molecule has 14 heteroatoms. The molecule has 2 fully saturated rings. The average molecular weight is 619 g/mol. The summed E-state index contributed by atoms with van der Waals surface area (Å²) in [6.07, 6.45) is 0.652. The van der Waals surface area contributed by atoms with E-state index in [-0.39, 0.29) is 43.4 Å². The van der Waals surface area contributed by atoms with Crippen LogP contribution in [0.25, 0.3) is 22.1 Å². The number of anilines is 2. The van der Waals surface area contributed by atoms with Crippen LogP contribution in [0, 0.1) is 11.8 Å². The Balaban J connectivity index is 1.54. The number of rotatable bonds is 9. The quantitative estimate of drug-likeness (QED) is 0.190. The monoisotopic (exact) mass is 618 g/mol. The van der Waals surface area contributed by atoms with Crippen LogP contribution in [0.4, 0.5) is 11.8 Å². The molecule has 238 valence electrons. The number of aliphatic hydroxyl groups excluding tert-OH is 1. The van der Waals surface area contributed by atoms with E-state index in [4.69, 9.17) is 24.4 Å². The molecular formula is C31H40N9O5+. The highest BCUT2D eigenvalue weighted by atomic mass is 16.6. The van der Waals surface area contributed by atoms with Gasteiger partial charge in [-0.2, -0.15) is 4.98 Å². The number of benzene rings is 1. The van der Waals surface area contributed by atoms with Crippen LogP contribution in [-0.4, -0.2) is 92.1 Å². The molecule has 2 unspecified atom stereocenters. The molecule has 14 nitrogen and oxygen atoms in total. The van der Waals surface area contributed by atoms with E-state index in [0.29, 0.717) is 50.1 Å². The van der Waals surface area contributed by atoms with Gasteiger partial charge in [0.05, 0.1) is 44.9 Å². The Morgan fingerprint density at radius 3 is 2.64 bits per heavy atom. The lowest BCUT2D eigenvalue weighted by atomic mass is 10.1. The third-order valence-corrected chi connectivity index (χ3v) is 8.25. The first-order chi connectivity index (χ1) is 21.9. The maximum Gasteiger partial charge on any atom is 0.333 e. The summed E-state index contributed by atoms with van der Waals surface area (Å²) >= 11 is 0. The van der Waals surface area contributed by atoms with Gasteiger partial charge in [0.1, 0.15) is 11.9 Å². The molecule has 5 heterocycles. The number of hydrogen-bond donors (Lipinski definition) is 2. The van der Waals surface area contributed by atoms with Crippen molar-refractivity contribution < 1.29 is 20.3 Å². The molecule has 0 aliphatic carbocycles. The van der Waals surface area contributed by atoms with Crippen LogP contribution in [0.5, 0.6) is 0 Å². The number of hydrogen-bond acceptors (Lipinski definition) is 10. The Bertz CT molecular complexity index is 1870. The Morgan fingerprint density at radius 2 is 1.89 bits per heavy atom. The molecule has 1 aromatic carbocycles. The predicted molar refractivity (Wildman–Crippen MR) is 169 cm³/mol. The summed E-state index contributed by atoms with van der Waals surface area (Å²) in [5, 5.41) is 11.5. The van der Waals surface area contributed by atoms with Crippen molar-refractivity contribution >= 4 is 33.8 Å². The topological polar surface area (TPSA) is 160 Å². The smallest absolute Gasteiger partial charge is 0.333 e. The summed E-state index contributed by atoms with van der Waals surface area (Å²) in [7, 11) is 0. The van der Waals surface area contributed by atoms with Crippen molar-refractivity contribution in [3.63, 3.8) is 0 Å². The zero-order chi connectivity index (χ0) is 31.5. The number of nitrogens with zero attached hydrogens (tertiary/aromatic N) is 8. The zero-order valence-corrected chi connectivity index (χ0v) is 25.8. The van der Waals surface area contributed by atoms with Crippen molar-refractivity contribution in [2.45, 2.75) is 58.7 Å². The van der Waals surface area contributed by atoms with Gasteiger partial charge in [-0.15, -0.1) is 5.92 Å². The third-order valence-electron chi connectivity index (χ3n) is 8.25. The lowest BCUT2D eigenvalue weighted by Crippen LogP contribution is -2.67. The Kier molecular flexibility index (Phi) is 9.13. The highest BCUT2D eigenvalue weighted by molar-refractivity contribution is 5.89. The fourth-order valence-electron chi connectivity index (χ4n) is 6.12. The van der Waals surface area contributed by atoms with E-state index in [1.54, 1.807) is 18.4 Å². The number of imidazole rings is 1. The molecule has 4 N–H and O–H groups in total. The molecule has 6 rings (SSSR count). The third kappa shape index (κ3) is 6.16. The van der Waals surface area contributed by atoms with Crippen molar-refractivity contribution in [1.29, 1.82) is 0 Å². The van der Waals surface area contributed by atoms with E-state index in [9.17, 15) is 14.7 Å². The van der Waals surface area contributed by atoms with Crippen molar-refractivity contribution in [2.75, 3.05) is 55.8 Å². The highest BCUT2D eigenvalue weighted by Crippen LogP contribution is 2.26. The van der Waals surface area contributed by atoms with Crippen LogP contribution in [-0.2, 0) is 29.1 Å². The van der Waals surface area contributed by atoms with Gasteiger partial charge in [-0.25, -0.2) is 14.8 Å². The first-order valence-electron chi connectivity index (χ1n) is 15.5. The van der Waals surface area contributed by atoms with Crippen molar-refractivity contribution in [1.82, 2.24) is 28.7 Å². The van der Waals surface area contributed by atoms with E-state index in [1.165, 1.54) is 4.57 Å². The molecule has 2 atom stereocenters. The molecular weight excluding hydrogens is 578 g/mol. The van der Waals surface area contributed by atoms with E-state index < -0.39 is 17.5 Å². The van der Waals surface area contributed by atoms with Gasteiger partial charge in [0, 0.05) is 38.0 Å². The summed E-state index contributed by atoms with van der Waals surface area (Å²) in [4.78, 5) is 47.2. The summed E-state index contributed by atoms with van der Waals surface area (Å²) in [5.74, 6) is 7.59. The van der Waals surface area contributed by atoms with Gasteiger partial charge < -0.3 is 30.1 Å². The van der Waals surface area contributed by atoms with Crippen molar-refractivity contribution in [3.8, 4) is 11.8 Å². The van der Waals surface area contributed by atoms with E-state index >= 15 is 0 Å². The van der Waals surface area contributed by atoms with Crippen LogP contribution >= 0.6 is 0 Å². The fourth-order valence-corrected chi connectivity index (χ4v) is 6.12. The second-order valence-electron chi connectivity index (χ2n) is 11.3. The number of piperidine rings is 1. The lowest BCUT2D eigenvalue weighted by Gasteiger charge is -2.29. The average Bonchev–Trinajstić information content (AvgIpc) is 3.43. The maximum absolute atomic E-state index is 14.3. The second kappa shape index (κ2) is 13.4. The van der Waals surface area contributed by atoms with E-state index in [2.05, 4.69) is 27.4 Å². The molecule has 3 aromatic heterocycles. The van der Waals surface area contributed by atoms with Gasteiger partial charge >= 0.3 is 5.69 Å². The van der Waals surface area contributed by atoms with Crippen LogP contribution in [0.15, 0.2) is 33.9 Å². The molecule has 2 aliphatic heterocycles. The molecule has 0 radical (unpaired) electrons. The summed E-state index contributed by atoms with van der Waals surface area (Å²) in [5.41, 5.74) is 4.19. The van der Waals surface area contributed by atoms with Gasteiger partial charge in [0.2, 0.25) is 5.95 Å². The maximum atomic E-state index is 14.3. The highest BCUT2D eigenvalue weighted by Gasteiger charge is 2.29. The number of fused-ring (bicyclic) bond motifs is 2. The minimum Gasteiger partial charge on any atom is -0.378 e. The summed E-state index contributed by atoms with van der Waals surface area (Å²) in [6.45, 7) is 7.45. The Morgan fingerprint density at radius 1 is 1.09 bits per heavy atom. The zero-order valence-electron chi connectivity index (χ0n) is 25.8. The minimum absolute atomic E-state index is 0.174. The predicted octanol–water partition coefficient (Wildman–Crippen LogP) is -0.223. The second-order valence-corrected chi connectivity index (χ2v) is 11.3. The normalized spacial score (nSPS) is 17.9. The first kappa shape index (κ1) is 30.7. The number of aromatic nitrogens is 6. The standard InChI is InChI=1S/C31H39N9O5/c1-3-5-13-38-26-28(35-30(38)37-12-8-9-21(32)18-37)39(20-25(41)45-4-2)31(43)40(29(26)42)19-24-33-23-11-7-6-10-22(23)27(34-24)36-14-16-44-17-15-36/h6-7,10-11,21,25,41H,4,8-9,12-20,32H2,1-2H3/p+1. The van der Waals surface area contributed by atoms with Gasteiger partial charge in [0.15, 0.2) is 23.3 Å². The number of morpholine rings is 1. The summed E-state index contributed by atoms with van der Waals surface area (Å²) in [6, 6.07) is 7.90. The van der Waals surface area contributed by atoms with Crippen LogP contribution in [0.2, 0.25) is 0 Å². The first-order valence-corrected chi connectivity index (χ1v) is 15.5. The SMILES string of the molecule is CC#CCn1c(N2CCCC([NH3+])C2)nc2c1c(=O)n(Cc1nc(N3CCOCC3)c3ccccc3n1)c(=O)n2CC(O)OCC. The number of para-hydroxylation sites is 1. The number of ether oxygens (including phenoxy) is 2. The minimum atomic E-state index is -1.28. The largest absolute Gasteiger partial charge is 0.378 e. The summed E-state index contributed by atoms with van der Waals surface area (Å²) < 4.78 is 15.2. The lowest BCUT2D eigenvalue weighted by molar-refractivity contribution is -0.419. The molecule has 0 spiro atoms. The fraction of sp³-hybridized carbons (Fsp3) is 0.516. The molecule has 2 aliphatic rings. The van der Waals surface area contributed by atoms with E-state index in [1.807, 2.05) is 24.3 Å². The Labute approximate surface area is 260 Å². The van der Waals surface area contributed by atoms with Gasteiger partial charge in [0.25, 0.3) is 5.56 Å². The van der Waals surface area contributed by atoms with Crippen LogP contribution in [0.3, 0.4) is 0 Å². The van der Waals surface area contributed by atoms with Gasteiger partial charge in [-0.1, -0.05) is 18.1 Å². The van der Waals surface area contributed by atoms with Crippen LogP contribution < -0.4 is 26.8 Å². The molecule has 2 saturated heterocycles.